The summed E-state index contributed by atoms with van der Waals surface area (Å²) in [6.07, 6.45) is 0. The second kappa shape index (κ2) is 7.90. The molecule has 0 spiro atoms. The number of thiazole rings is 1. The first-order valence-electron chi connectivity index (χ1n) is 7.60. The van der Waals surface area contributed by atoms with Gasteiger partial charge in [0.15, 0.2) is 0 Å². The average Bonchev–Trinajstić information content (AvgIpc) is 2.94. The van der Waals surface area contributed by atoms with Gasteiger partial charge in [0.2, 0.25) is 11.4 Å². The number of carbonyl (C=O) groups is 1. The van der Waals surface area contributed by atoms with Crippen molar-refractivity contribution in [1.82, 2.24) is 0 Å². The van der Waals surface area contributed by atoms with E-state index in [9.17, 15) is 4.79 Å². The fourth-order valence-corrected chi connectivity index (χ4v) is 3.95. The fourth-order valence-electron chi connectivity index (χ4n) is 2.76. The Morgan fingerprint density at radius 3 is 2.38 bits per heavy atom. The maximum absolute atomic E-state index is 12.2. The largest absolute Gasteiger partial charge is 1.00 e. The van der Waals surface area contributed by atoms with Crippen LogP contribution in [-0.4, -0.2) is 5.91 Å². The molecule has 3 rings (SSSR count). The molecule has 0 saturated carbocycles. The summed E-state index contributed by atoms with van der Waals surface area (Å²) in [4.78, 5) is 13.9. The smallest absolute Gasteiger partial charge is 0.286 e. The Morgan fingerprint density at radius 1 is 1.12 bits per heavy atom. The van der Waals surface area contributed by atoms with Crippen LogP contribution >= 0.6 is 11.3 Å². The Bertz CT molecular complexity index is 873. The van der Waals surface area contributed by atoms with Gasteiger partial charge in [0.05, 0.1) is 0 Å². The van der Waals surface area contributed by atoms with Crippen LogP contribution < -0.4 is 33.4 Å². The monoisotopic (exact) mass is 450 g/mol. The van der Waals surface area contributed by atoms with Crippen LogP contribution in [0.25, 0.3) is 15.9 Å². The number of hydrogen-bond acceptors (Lipinski definition) is 2. The summed E-state index contributed by atoms with van der Waals surface area (Å²) in [5, 5.41) is 1.01. The van der Waals surface area contributed by atoms with E-state index in [-0.39, 0.29) is 29.9 Å². The van der Waals surface area contributed by atoms with Crippen molar-refractivity contribution in [3.05, 3.63) is 66.2 Å². The van der Waals surface area contributed by atoms with E-state index in [1.54, 1.807) is 23.2 Å². The molecule has 0 saturated heterocycles. The van der Waals surface area contributed by atoms with E-state index in [0.717, 1.165) is 17.2 Å². The predicted octanol–water partition coefficient (Wildman–Crippen LogP) is 1.24. The standard InChI is InChI=1S/C19H19N2OS.HI/c1-4-20-17-12-8-9-13-18(17)23-19(20)14(2)21(15(3)22)16-10-6-5-7-11-16;/h5-13H,2,4H2,1,3H3;1H/q+1;/p-1. The topological polar surface area (TPSA) is 24.2 Å². The minimum atomic E-state index is -0.0405. The molecule has 0 unspecified atom stereocenters. The van der Waals surface area contributed by atoms with E-state index in [4.69, 9.17) is 0 Å². The van der Waals surface area contributed by atoms with Crippen LogP contribution in [0.4, 0.5) is 5.69 Å². The van der Waals surface area contributed by atoms with Crippen LogP contribution in [0.1, 0.15) is 18.9 Å². The van der Waals surface area contributed by atoms with Gasteiger partial charge in [-0.05, 0) is 25.1 Å². The maximum Gasteiger partial charge on any atom is 0.286 e. The van der Waals surface area contributed by atoms with Crippen molar-refractivity contribution >= 4 is 38.8 Å². The Morgan fingerprint density at radius 2 is 1.75 bits per heavy atom. The van der Waals surface area contributed by atoms with Gasteiger partial charge in [-0.15, -0.1) is 0 Å². The van der Waals surface area contributed by atoms with Gasteiger partial charge in [-0.2, -0.15) is 4.57 Å². The molecule has 5 heteroatoms. The zero-order chi connectivity index (χ0) is 16.4. The Labute approximate surface area is 163 Å². The number of rotatable bonds is 4. The molecule has 3 aromatic rings. The number of nitrogens with zero attached hydrogens (tertiary/aromatic N) is 2. The lowest BCUT2D eigenvalue weighted by Crippen LogP contribution is -3.00. The quantitative estimate of drug-likeness (QED) is 0.434. The van der Waals surface area contributed by atoms with Crippen molar-refractivity contribution in [2.75, 3.05) is 4.90 Å². The second-order valence-electron chi connectivity index (χ2n) is 5.26. The summed E-state index contributed by atoms with van der Waals surface area (Å²) in [6, 6.07) is 17.9. The minimum absolute atomic E-state index is 0. The van der Waals surface area contributed by atoms with Crippen LogP contribution in [0, 0.1) is 0 Å². The lowest BCUT2D eigenvalue weighted by molar-refractivity contribution is -0.665. The summed E-state index contributed by atoms with van der Waals surface area (Å²) in [6.45, 7) is 8.73. The number of benzene rings is 2. The third-order valence-corrected chi connectivity index (χ3v) is 4.98. The van der Waals surface area contributed by atoms with Gasteiger partial charge in [-0.25, -0.2) is 0 Å². The van der Waals surface area contributed by atoms with Crippen molar-refractivity contribution in [2.45, 2.75) is 20.4 Å². The molecule has 0 atom stereocenters. The highest BCUT2D eigenvalue weighted by atomic mass is 127. The third-order valence-electron chi connectivity index (χ3n) is 3.77. The number of aromatic nitrogens is 1. The third kappa shape index (κ3) is 3.37. The summed E-state index contributed by atoms with van der Waals surface area (Å²) >= 11 is 1.67. The SMILES string of the molecule is C=C(c1sc2ccccc2[n+]1CC)N(C(C)=O)c1ccccc1.[I-]. The van der Waals surface area contributed by atoms with Gasteiger partial charge in [0, 0.05) is 18.7 Å². The van der Waals surface area contributed by atoms with E-state index >= 15 is 0 Å². The molecule has 0 N–H and O–H groups in total. The van der Waals surface area contributed by atoms with Crippen LogP contribution in [0.2, 0.25) is 0 Å². The van der Waals surface area contributed by atoms with Gasteiger partial charge in [-0.3, -0.25) is 9.69 Å². The molecule has 0 bridgehead atoms. The zero-order valence-corrected chi connectivity index (χ0v) is 16.7. The minimum Gasteiger partial charge on any atom is -1.00 e. The lowest BCUT2D eigenvalue weighted by Gasteiger charge is -2.20. The molecular formula is C19H19IN2OS. The molecule has 2 aromatic carbocycles. The van der Waals surface area contributed by atoms with Gasteiger partial charge in [0.25, 0.3) is 5.01 Å². The first kappa shape index (κ1) is 18.6. The number of amides is 1. The van der Waals surface area contributed by atoms with Crippen LogP contribution in [-0.2, 0) is 11.3 Å². The Hall–Kier alpha value is -1.73. The molecule has 24 heavy (non-hydrogen) atoms. The summed E-state index contributed by atoms with van der Waals surface area (Å²) in [5.41, 5.74) is 2.73. The number of hydrogen-bond donors (Lipinski definition) is 0. The van der Waals surface area contributed by atoms with Gasteiger partial charge < -0.3 is 24.0 Å². The highest BCUT2D eigenvalue weighted by Crippen LogP contribution is 2.30. The Kier molecular flexibility index (Phi) is 6.12. The van der Waals surface area contributed by atoms with E-state index < -0.39 is 0 Å². The van der Waals surface area contributed by atoms with Crippen molar-refractivity contribution in [3.63, 3.8) is 0 Å². The molecule has 1 heterocycles. The highest BCUT2D eigenvalue weighted by Gasteiger charge is 2.27. The van der Waals surface area contributed by atoms with E-state index in [2.05, 4.69) is 30.2 Å². The molecule has 0 radical (unpaired) electrons. The number of halogens is 1. The molecule has 0 aliphatic carbocycles. The van der Waals surface area contributed by atoms with Crippen molar-refractivity contribution in [3.8, 4) is 0 Å². The summed E-state index contributed by atoms with van der Waals surface area (Å²) in [7, 11) is 0. The molecule has 0 aliphatic rings. The van der Waals surface area contributed by atoms with Crippen molar-refractivity contribution < 1.29 is 33.3 Å². The molecular weight excluding hydrogens is 431 g/mol. The Balaban J connectivity index is 0.00000208. The molecule has 0 fully saturated rings. The number of fused-ring (bicyclic) bond motifs is 1. The zero-order valence-electron chi connectivity index (χ0n) is 13.7. The first-order valence-corrected chi connectivity index (χ1v) is 8.41. The van der Waals surface area contributed by atoms with E-state index in [1.807, 2.05) is 42.5 Å². The van der Waals surface area contributed by atoms with Crippen molar-refractivity contribution in [1.29, 1.82) is 0 Å². The molecule has 1 amide bonds. The average molecular weight is 450 g/mol. The van der Waals surface area contributed by atoms with Gasteiger partial charge in [0.1, 0.15) is 16.9 Å². The normalized spacial score (nSPS) is 10.2. The number of anilines is 1. The summed E-state index contributed by atoms with van der Waals surface area (Å²) in [5.74, 6) is -0.0405. The molecule has 3 nitrogen and oxygen atoms in total. The van der Waals surface area contributed by atoms with Crippen LogP contribution in [0.15, 0.2) is 61.2 Å². The van der Waals surface area contributed by atoms with E-state index in [0.29, 0.717) is 5.70 Å². The predicted molar refractivity (Wildman–Crippen MR) is 96.3 cm³/mol. The number of aryl methyl sites for hydroxylation is 1. The molecule has 124 valence electrons. The van der Waals surface area contributed by atoms with Gasteiger partial charge in [-0.1, -0.05) is 48.2 Å². The first-order chi connectivity index (χ1) is 11.1. The second-order valence-corrected chi connectivity index (χ2v) is 6.29. The maximum atomic E-state index is 12.2. The molecule has 0 aliphatic heterocycles. The van der Waals surface area contributed by atoms with Crippen molar-refractivity contribution in [2.24, 2.45) is 0 Å². The highest BCUT2D eigenvalue weighted by molar-refractivity contribution is 7.19. The van der Waals surface area contributed by atoms with Gasteiger partial charge >= 0.3 is 0 Å². The number of carbonyl (C=O) groups excluding carboxylic acids is 1. The molecule has 1 aromatic heterocycles. The summed E-state index contributed by atoms with van der Waals surface area (Å²) < 4.78 is 3.41. The van der Waals surface area contributed by atoms with Crippen LogP contribution in [0.5, 0.6) is 0 Å². The number of para-hydroxylation sites is 2. The fraction of sp³-hybridized carbons (Fsp3) is 0.158. The lowest BCUT2D eigenvalue weighted by atomic mass is 10.2. The van der Waals surface area contributed by atoms with E-state index in [1.165, 1.54) is 10.2 Å². The van der Waals surface area contributed by atoms with Crippen LogP contribution in [0.3, 0.4) is 0 Å².